The maximum Gasteiger partial charge on any atom is 0.288 e. The van der Waals surface area contributed by atoms with Crippen molar-refractivity contribution in [2.45, 2.75) is 26.0 Å². The molecule has 3 aromatic carbocycles. The van der Waals surface area contributed by atoms with Crippen molar-refractivity contribution in [2.24, 2.45) is 0 Å². The zero-order valence-corrected chi connectivity index (χ0v) is 17.1. The van der Waals surface area contributed by atoms with Crippen molar-refractivity contribution in [1.29, 1.82) is 0 Å². The summed E-state index contributed by atoms with van der Waals surface area (Å²) in [7, 11) is 0. The molecule has 0 bridgehead atoms. The average molecular weight is 411 g/mol. The van der Waals surface area contributed by atoms with Crippen LogP contribution < -0.4 is 15.5 Å². The van der Waals surface area contributed by atoms with Crippen molar-refractivity contribution in [3.63, 3.8) is 0 Å². The summed E-state index contributed by atoms with van der Waals surface area (Å²) in [4.78, 5) is 25.8. The number of carbonyl (C=O) groups is 1. The predicted octanol–water partition coefficient (Wildman–Crippen LogP) is 4.77. The molecule has 5 rings (SSSR count). The third-order valence-electron chi connectivity index (χ3n) is 5.63. The molecule has 0 aliphatic carbocycles. The van der Waals surface area contributed by atoms with Gasteiger partial charge in [-0.15, -0.1) is 0 Å². The molecule has 1 aliphatic rings. The van der Waals surface area contributed by atoms with Gasteiger partial charge in [0.1, 0.15) is 17.9 Å². The molecular weight excluding hydrogens is 390 g/mol. The second-order valence-corrected chi connectivity index (χ2v) is 7.61. The smallest absolute Gasteiger partial charge is 0.288 e. The Bertz CT molecular complexity index is 1320. The highest BCUT2D eigenvalue weighted by atomic mass is 16.5. The zero-order chi connectivity index (χ0) is 21.4. The maximum absolute atomic E-state index is 13.3. The molecule has 1 unspecified atom stereocenters. The molecule has 2 heterocycles. The third kappa shape index (κ3) is 3.48. The summed E-state index contributed by atoms with van der Waals surface area (Å²) in [5.74, 6) is 0.439. The number of hydrogen-bond acceptors (Lipinski definition) is 4. The van der Waals surface area contributed by atoms with Crippen molar-refractivity contribution >= 4 is 16.9 Å². The summed E-state index contributed by atoms with van der Waals surface area (Å²) in [5, 5.41) is 3.39. The van der Waals surface area contributed by atoms with Crippen LogP contribution in [-0.2, 0) is 13.0 Å². The van der Waals surface area contributed by atoms with Gasteiger partial charge in [-0.3, -0.25) is 9.59 Å². The van der Waals surface area contributed by atoms with Crippen LogP contribution in [0.2, 0.25) is 0 Å². The van der Waals surface area contributed by atoms with Gasteiger partial charge >= 0.3 is 0 Å². The molecule has 0 spiro atoms. The lowest BCUT2D eigenvalue weighted by atomic mass is 9.98. The highest BCUT2D eigenvalue weighted by Crippen LogP contribution is 2.32. The highest BCUT2D eigenvalue weighted by molar-refractivity contribution is 5.99. The van der Waals surface area contributed by atoms with Crippen LogP contribution in [0.15, 0.2) is 82.0 Å². The van der Waals surface area contributed by atoms with Crippen LogP contribution in [0.1, 0.15) is 45.8 Å². The molecule has 1 N–H and O–H groups in total. The molecule has 31 heavy (non-hydrogen) atoms. The topological polar surface area (TPSA) is 68.5 Å². The van der Waals surface area contributed by atoms with Gasteiger partial charge < -0.3 is 14.5 Å². The van der Waals surface area contributed by atoms with E-state index in [9.17, 15) is 9.59 Å². The Labute approximate surface area is 179 Å². The summed E-state index contributed by atoms with van der Waals surface area (Å²) in [6, 6.07) is 22.3. The van der Waals surface area contributed by atoms with Gasteiger partial charge in [0.2, 0.25) is 5.76 Å². The van der Waals surface area contributed by atoms with Crippen molar-refractivity contribution in [2.75, 3.05) is 0 Å². The molecule has 4 aromatic rings. The summed E-state index contributed by atoms with van der Waals surface area (Å²) in [5.41, 5.74) is 3.56. The Morgan fingerprint density at radius 1 is 0.935 bits per heavy atom. The fourth-order valence-corrected chi connectivity index (χ4v) is 3.92. The fraction of sp³-hybridized carbons (Fsp3) is 0.154. The molecule has 1 amide bonds. The van der Waals surface area contributed by atoms with E-state index in [4.69, 9.17) is 9.15 Å². The molecule has 5 heteroatoms. The number of amides is 1. The summed E-state index contributed by atoms with van der Waals surface area (Å²) >= 11 is 0. The largest absolute Gasteiger partial charge is 0.489 e. The zero-order valence-electron chi connectivity index (χ0n) is 17.1. The molecule has 0 radical (unpaired) electrons. The molecule has 154 valence electrons. The maximum atomic E-state index is 13.3. The highest BCUT2D eigenvalue weighted by Gasteiger charge is 2.35. The molecular formula is C26H21NO4. The first-order chi connectivity index (χ1) is 15.1. The van der Waals surface area contributed by atoms with E-state index in [-0.39, 0.29) is 17.1 Å². The van der Waals surface area contributed by atoms with Gasteiger partial charge in [-0.25, -0.2) is 0 Å². The minimum atomic E-state index is -0.545. The Kier molecular flexibility index (Phi) is 4.79. The van der Waals surface area contributed by atoms with Gasteiger partial charge in [0.25, 0.3) is 5.91 Å². The monoisotopic (exact) mass is 411 g/mol. The van der Waals surface area contributed by atoms with Crippen molar-refractivity contribution < 1.29 is 13.9 Å². The first-order valence-electron chi connectivity index (χ1n) is 10.3. The lowest BCUT2D eigenvalue weighted by Crippen LogP contribution is -2.21. The predicted molar refractivity (Wildman–Crippen MR) is 118 cm³/mol. The van der Waals surface area contributed by atoms with E-state index < -0.39 is 6.04 Å². The normalized spacial score (nSPS) is 15.0. The fourth-order valence-electron chi connectivity index (χ4n) is 3.92. The summed E-state index contributed by atoms with van der Waals surface area (Å²) in [6.07, 6.45) is 0.817. The molecule has 0 saturated heterocycles. The number of rotatable bonds is 5. The molecule has 5 nitrogen and oxygen atoms in total. The first kappa shape index (κ1) is 19.1. The first-order valence-corrected chi connectivity index (χ1v) is 10.3. The molecule has 1 aromatic heterocycles. The minimum Gasteiger partial charge on any atom is -0.489 e. The van der Waals surface area contributed by atoms with Gasteiger partial charge in [0, 0.05) is 0 Å². The van der Waals surface area contributed by atoms with Crippen LogP contribution in [0, 0.1) is 0 Å². The van der Waals surface area contributed by atoms with E-state index in [1.54, 1.807) is 6.07 Å². The van der Waals surface area contributed by atoms with E-state index in [0.29, 0.717) is 23.1 Å². The standard InChI is InChI=1S/C26H21NO4/c1-2-16-8-13-21-20(14-16)24(28)22-23(27-26(29)25(22)31-21)18-9-11-19(12-10-18)30-15-17-6-4-3-5-7-17/h3-14,23H,2,15H2,1H3,(H,27,29). The van der Waals surface area contributed by atoms with Gasteiger partial charge in [0.15, 0.2) is 5.43 Å². The Morgan fingerprint density at radius 3 is 2.45 bits per heavy atom. The SMILES string of the molecule is CCc1ccc2oc3c(c(=O)c2c1)C(c1ccc(OCc2ccccc2)cc1)NC3=O. The summed E-state index contributed by atoms with van der Waals surface area (Å²) < 4.78 is 11.7. The van der Waals surface area contributed by atoms with Crippen LogP contribution >= 0.6 is 0 Å². The second kappa shape index (κ2) is 7.76. The van der Waals surface area contributed by atoms with Crippen molar-refractivity contribution in [3.05, 3.63) is 111 Å². The number of benzene rings is 3. The van der Waals surface area contributed by atoms with Crippen LogP contribution in [0.3, 0.4) is 0 Å². The van der Waals surface area contributed by atoms with Gasteiger partial charge in [-0.2, -0.15) is 0 Å². The molecule has 0 fully saturated rings. The van der Waals surface area contributed by atoms with Crippen LogP contribution in [-0.4, -0.2) is 5.91 Å². The Hall–Kier alpha value is -3.86. The number of carbonyl (C=O) groups excluding carboxylic acids is 1. The van der Waals surface area contributed by atoms with Crippen LogP contribution in [0.4, 0.5) is 0 Å². The lowest BCUT2D eigenvalue weighted by molar-refractivity contribution is 0.0938. The van der Waals surface area contributed by atoms with Crippen molar-refractivity contribution in [3.8, 4) is 5.75 Å². The van der Waals surface area contributed by atoms with Gasteiger partial charge in [-0.05, 0) is 47.4 Å². The van der Waals surface area contributed by atoms with Gasteiger partial charge in [-0.1, -0.05) is 55.5 Å². The van der Waals surface area contributed by atoms with E-state index in [1.165, 1.54) is 0 Å². The quantitative estimate of drug-likeness (QED) is 0.514. The third-order valence-corrected chi connectivity index (χ3v) is 5.63. The number of aryl methyl sites for hydroxylation is 1. The number of hydrogen-bond donors (Lipinski definition) is 1. The van der Waals surface area contributed by atoms with Gasteiger partial charge in [0.05, 0.1) is 17.0 Å². The average Bonchev–Trinajstić information content (AvgIpc) is 3.15. The van der Waals surface area contributed by atoms with E-state index >= 15 is 0 Å². The number of nitrogens with one attached hydrogen (secondary N) is 1. The molecule has 1 atom stereocenters. The Balaban J connectivity index is 1.46. The van der Waals surface area contributed by atoms with E-state index in [1.807, 2.05) is 73.7 Å². The van der Waals surface area contributed by atoms with E-state index in [2.05, 4.69) is 5.32 Å². The Morgan fingerprint density at radius 2 is 1.71 bits per heavy atom. The molecule has 1 aliphatic heterocycles. The summed E-state index contributed by atoms with van der Waals surface area (Å²) in [6.45, 7) is 2.50. The van der Waals surface area contributed by atoms with E-state index in [0.717, 1.165) is 28.9 Å². The van der Waals surface area contributed by atoms with Crippen molar-refractivity contribution in [1.82, 2.24) is 5.32 Å². The minimum absolute atomic E-state index is 0.0937. The molecule has 0 saturated carbocycles. The second-order valence-electron chi connectivity index (χ2n) is 7.61. The lowest BCUT2D eigenvalue weighted by Gasteiger charge is -2.13. The van der Waals surface area contributed by atoms with Crippen LogP contribution in [0.5, 0.6) is 5.75 Å². The number of fused-ring (bicyclic) bond motifs is 2. The van der Waals surface area contributed by atoms with Crippen LogP contribution in [0.25, 0.3) is 11.0 Å². The number of ether oxygens (including phenoxy) is 1.